The second-order valence-electron chi connectivity index (χ2n) is 11.9. The predicted molar refractivity (Wildman–Crippen MR) is 119 cm³/mol. The van der Waals surface area contributed by atoms with E-state index in [1.165, 1.54) is 51.4 Å². The van der Waals surface area contributed by atoms with Crippen LogP contribution in [-0.2, 0) is 9.53 Å². The van der Waals surface area contributed by atoms with Crippen molar-refractivity contribution in [3.8, 4) is 0 Å². The summed E-state index contributed by atoms with van der Waals surface area (Å²) in [6, 6.07) is 0. The molecule has 3 nitrogen and oxygen atoms in total. The molecular formula is C27H42O3. The van der Waals surface area contributed by atoms with Gasteiger partial charge in [0.1, 0.15) is 6.10 Å². The van der Waals surface area contributed by atoms with E-state index in [0.717, 1.165) is 49.9 Å². The van der Waals surface area contributed by atoms with Crippen molar-refractivity contribution < 1.29 is 14.6 Å². The van der Waals surface area contributed by atoms with E-state index < -0.39 is 0 Å². The summed E-state index contributed by atoms with van der Waals surface area (Å²) in [5.41, 5.74) is 2.01. The number of carbonyl (C=O) groups is 1. The van der Waals surface area contributed by atoms with E-state index in [1.807, 2.05) is 0 Å². The Morgan fingerprint density at radius 1 is 1.03 bits per heavy atom. The van der Waals surface area contributed by atoms with Crippen LogP contribution in [0.5, 0.6) is 0 Å². The lowest BCUT2D eigenvalue weighted by Crippen LogP contribution is -2.51. The van der Waals surface area contributed by atoms with Crippen LogP contribution in [0.1, 0.15) is 104 Å². The normalized spacial score (nSPS) is 46.0. The SMILES string of the molecule is C[C@]12CC[C@H]3[C@@H](CCC4=C[C@@H](OC(=O)CCC5CCCC5)CC[C@@]43C)[C@@H]1CC[C@@H]2O. The maximum atomic E-state index is 12.5. The summed E-state index contributed by atoms with van der Waals surface area (Å²) < 4.78 is 5.93. The first-order chi connectivity index (χ1) is 14.4. The highest BCUT2D eigenvalue weighted by atomic mass is 16.5. The molecule has 0 unspecified atom stereocenters. The first kappa shape index (κ1) is 21.0. The van der Waals surface area contributed by atoms with Gasteiger partial charge >= 0.3 is 5.97 Å². The van der Waals surface area contributed by atoms with Gasteiger partial charge in [-0.1, -0.05) is 45.1 Å². The minimum Gasteiger partial charge on any atom is -0.458 e. The van der Waals surface area contributed by atoms with Crippen LogP contribution >= 0.6 is 0 Å². The van der Waals surface area contributed by atoms with Gasteiger partial charge in [-0.3, -0.25) is 4.79 Å². The van der Waals surface area contributed by atoms with Gasteiger partial charge < -0.3 is 9.84 Å². The zero-order valence-electron chi connectivity index (χ0n) is 19.2. The molecule has 4 fully saturated rings. The summed E-state index contributed by atoms with van der Waals surface area (Å²) in [5.74, 6) is 3.01. The van der Waals surface area contributed by atoms with E-state index >= 15 is 0 Å². The van der Waals surface area contributed by atoms with E-state index in [2.05, 4.69) is 19.9 Å². The fourth-order valence-electron chi connectivity index (χ4n) is 8.61. The Morgan fingerprint density at radius 3 is 2.63 bits per heavy atom. The van der Waals surface area contributed by atoms with Gasteiger partial charge in [-0.05, 0) is 98.4 Å². The minimum absolute atomic E-state index is 0.00265. The van der Waals surface area contributed by atoms with Gasteiger partial charge in [-0.25, -0.2) is 0 Å². The monoisotopic (exact) mass is 414 g/mol. The molecule has 0 aromatic heterocycles. The number of hydrogen-bond acceptors (Lipinski definition) is 3. The summed E-state index contributed by atoms with van der Waals surface area (Å²) in [6.45, 7) is 4.86. The second-order valence-corrected chi connectivity index (χ2v) is 11.9. The molecule has 0 amide bonds. The maximum absolute atomic E-state index is 12.5. The molecule has 168 valence electrons. The van der Waals surface area contributed by atoms with E-state index in [0.29, 0.717) is 12.3 Å². The summed E-state index contributed by atoms with van der Waals surface area (Å²) in [4.78, 5) is 12.5. The molecule has 0 aromatic rings. The van der Waals surface area contributed by atoms with E-state index in [4.69, 9.17) is 4.74 Å². The third-order valence-electron chi connectivity index (χ3n) is 10.5. The van der Waals surface area contributed by atoms with Gasteiger partial charge in [0.2, 0.25) is 0 Å². The predicted octanol–water partition coefficient (Wildman–Crippen LogP) is 6.19. The van der Waals surface area contributed by atoms with E-state index in [-0.39, 0.29) is 29.0 Å². The van der Waals surface area contributed by atoms with E-state index in [1.54, 1.807) is 5.57 Å². The highest BCUT2D eigenvalue weighted by Gasteiger charge is 2.58. The Labute approximate surface area is 183 Å². The van der Waals surface area contributed by atoms with Crippen molar-refractivity contribution >= 4 is 5.97 Å². The Kier molecular flexibility index (Phi) is 5.57. The van der Waals surface area contributed by atoms with Crippen molar-refractivity contribution in [2.75, 3.05) is 0 Å². The first-order valence-electron chi connectivity index (χ1n) is 13.0. The molecule has 4 saturated carbocycles. The summed E-state index contributed by atoms with van der Waals surface area (Å²) in [7, 11) is 0. The summed E-state index contributed by atoms with van der Waals surface area (Å²) in [6.07, 6.45) is 18.4. The van der Waals surface area contributed by atoms with Crippen molar-refractivity contribution in [3.63, 3.8) is 0 Å². The average Bonchev–Trinajstić information content (AvgIpc) is 3.35. The van der Waals surface area contributed by atoms with Crippen molar-refractivity contribution in [3.05, 3.63) is 11.6 Å². The molecule has 0 bridgehead atoms. The molecule has 0 spiro atoms. The molecule has 3 heteroatoms. The standard InChI is InChI=1S/C27H42O3/c1-26-15-13-20(30-25(29)12-7-18-5-3-4-6-18)17-19(26)8-9-21-22-10-11-24(28)27(22,2)16-14-23(21)26/h17-18,20-24,28H,3-16H2,1-2H3/t20-,21-,22-,23-,24-,26-,27-/m0/s1. The van der Waals surface area contributed by atoms with Crippen LogP contribution in [0.15, 0.2) is 11.6 Å². The second kappa shape index (κ2) is 7.94. The van der Waals surface area contributed by atoms with Crippen LogP contribution in [-0.4, -0.2) is 23.3 Å². The number of allylic oxidation sites excluding steroid dienone is 1. The Balaban J connectivity index is 1.23. The Morgan fingerprint density at radius 2 is 1.83 bits per heavy atom. The number of fused-ring (bicyclic) bond motifs is 5. The fraction of sp³-hybridized carbons (Fsp3) is 0.889. The van der Waals surface area contributed by atoms with Crippen LogP contribution in [0.4, 0.5) is 0 Å². The molecule has 30 heavy (non-hydrogen) atoms. The van der Waals surface area contributed by atoms with Crippen molar-refractivity contribution in [1.29, 1.82) is 0 Å². The molecule has 0 radical (unpaired) electrons. The van der Waals surface area contributed by atoms with Gasteiger partial charge in [0.25, 0.3) is 0 Å². The highest BCUT2D eigenvalue weighted by molar-refractivity contribution is 5.69. The molecule has 0 aliphatic heterocycles. The molecule has 5 aliphatic carbocycles. The lowest BCUT2D eigenvalue weighted by molar-refractivity contribution is -0.148. The zero-order valence-corrected chi connectivity index (χ0v) is 19.2. The fourth-order valence-corrected chi connectivity index (χ4v) is 8.61. The molecule has 5 rings (SSSR count). The van der Waals surface area contributed by atoms with Crippen LogP contribution < -0.4 is 0 Å². The Hall–Kier alpha value is -0.830. The third kappa shape index (κ3) is 3.48. The number of carbonyl (C=O) groups excluding carboxylic acids is 1. The first-order valence-corrected chi connectivity index (χ1v) is 13.0. The van der Waals surface area contributed by atoms with Crippen LogP contribution in [0.2, 0.25) is 0 Å². The molecule has 0 aromatic carbocycles. The largest absolute Gasteiger partial charge is 0.458 e. The van der Waals surface area contributed by atoms with Crippen molar-refractivity contribution in [1.82, 2.24) is 0 Å². The minimum atomic E-state index is -0.0902. The highest BCUT2D eigenvalue weighted by Crippen LogP contribution is 2.65. The summed E-state index contributed by atoms with van der Waals surface area (Å²) in [5, 5.41) is 10.6. The number of aliphatic hydroxyl groups excluding tert-OH is 1. The topological polar surface area (TPSA) is 46.5 Å². The number of esters is 1. The van der Waals surface area contributed by atoms with Gasteiger partial charge in [-0.15, -0.1) is 0 Å². The summed E-state index contributed by atoms with van der Waals surface area (Å²) >= 11 is 0. The number of rotatable bonds is 4. The van der Waals surface area contributed by atoms with E-state index in [9.17, 15) is 9.90 Å². The number of aliphatic hydroxyl groups is 1. The molecule has 5 aliphatic rings. The maximum Gasteiger partial charge on any atom is 0.306 e. The zero-order chi connectivity index (χ0) is 20.9. The van der Waals surface area contributed by atoms with Crippen LogP contribution in [0.3, 0.4) is 0 Å². The Bertz CT molecular complexity index is 692. The number of hydrogen-bond donors (Lipinski definition) is 1. The molecule has 0 saturated heterocycles. The van der Waals surface area contributed by atoms with Gasteiger partial charge in [-0.2, -0.15) is 0 Å². The van der Waals surface area contributed by atoms with Crippen LogP contribution in [0, 0.1) is 34.5 Å². The number of ether oxygens (including phenoxy) is 1. The molecular weight excluding hydrogens is 372 g/mol. The molecule has 0 heterocycles. The van der Waals surface area contributed by atoms with Gasteiger partial charge in [0.05, 0.1) is 6.10 Å². The van der Waals surface area contributed by atoms with Crippen molar-refractivity contribution in [2.45, 2.75) is 116 Å². The lowest BCUT2D eigenvalue weighted by Gasteiger charge is -2.58. The molecule has 7 atom stereocenters. The smallest absolute Gasteiger partial charge is 0.306 e. The quantitative estimate of drug-likeness (QED) is 0.440. The average molecular weight is 415 g/mol. The van der Waals surface area contributed by atoms with Gasteiger partial charge in [0.15, 0.2) is 0 Å². The van der Waals surface area contributed by atoms with Gasteiger partial charge in [0, 0.05) is 6.42 Å². The van der Waals surface area contributed by atoms with Crippen LogP contribution in [0.25, 0.3) is 0 Å². The molecule has 1 N–H and O–H groups in total. The van der Waals surface area contributed by atoms with Crippen molar-refractivity contribution in [2.24, 2.45) is 34.5 Å². The lowest BCUT2D eigenvalue weighted by atomic mass is 9.47. The third-order valence-corrected chi connectivity index (χ3v) is 10.5.